The Hall–Kier alpha value is -3.80. The molecule has 1 aromatic carbocycles. The molecule has 0 aliphatic carbocycles. The van der Waals surface area contributed by atoms with Crippen LogP contribution in [0.5, 0.6) is 0 Å². The SMILES string of the molecule is CC(NC(=O)C(C)N1Cc2ccc(-c3nc(NC4CCOCC4)ncc3Cl)cc2C1=O)c1cccc(N2CC(N(C)C)C2)n1. The maximum absolute atomic E-state index is 13.6. The summed E-state index contributed by atoms with van der Waals surface area (Å²) in [5.74, 6) is 0.972. The molecule has 2 unspecified atom stereocenters. The van der Waals surface area contributed by atoms with Crippen LogP contribution >= 0.6 is 11.6 Å². The predicted octanol–water partition coefficient (Wildman–Crippen LogP) is 3.75. The number of nitrogens with one attached hydrogen (secondary N) is 2. The first-order valence-electron chi connectivity index (χ1n) is 15.2. The van der Waals surface area contributed by atoms with E-state index in [9.17, 15) is 9.59 Å². The molecule has 3 aliphatic heterocycles. The van der Waals surface area contributed by atoms with Crippen LogP contribution < -0.4 is 15.5 Å². The first kappa shape index (κ1) is 30.2. The smallest absolute Gasteiger partial charge is 0.255 e. The number of fused-ring (bicyclic) bond motifs is 1. The van der Waals surface area contributed by atoms with E-state index in [1.165, 1.54) is 0 Å². The van der Waals surface area contributed by atoms with Crippen molar-refractivity contribution in [2.75, 3.05) is 50.6 Å². The fourth-order valence-electron chi connectivity index (χ4n) is 5.82. The quantitative estimate of drug-likeness (QED) is 0.370. The van der Waals surface area contributed by atoms with Gasteiger partial charge < -0.3 is 30.1 Å². The maximum atomic E-state index is 13.6. The third-order valence-corrected chi connectivity index (χ3v) is 9.11. The number of anilines is 2. The lowest BCUT2D eigenvalue weighted by Gasteiger charge is -2.43. The standard InChI is InChI=1S/C32H39ClN8O3/c1-19(27-6-5-7-28(37-27)40-17-24(18-40)39(3)4)35-30(42)20(2)41-16-22-9-8-21(14-25(22)31(41)43)29-26(33)15-34-32(38-29)36-23-10-12-44-13-11-23/h5-9,14-15,19-20,23-24H,10-13,16-18H2,1-4H3,(H,35,42)(H,34,36,38). The number of carbonyl (C=O) groups is 2. The molecular weight excluding hydrogens is 580 g/mol. The normalized spacial score (nSPS) is 18.6. The molecule has 3 aliphatic rings. The molecule has 3 aromatic rings. The van der Waals surface area contributed by atoms with E-state index < -0.39 is 6.04 Å². The molecule has 0 bridgehead atoms. The van der Waals surface area contributed by atoms with Gasteiger partial charge in [-0.05, 0) is 64.5 Å². The first-order valence-corrected chi connectivity index (χ1v) is 15.6. The summed E-state index contributed by atoms with van der Waals surface area (Å²) < 4.78 is 5.44. The van der Waals surface area contributed by atoms with Crippen LogP contribution in [0.1, 0.15) is 54.3 Å². The Morgan fingerprint density at radius 3 is 2.64 bits per heavy atom. The average Bonchev–Trinajstić information content (AvgIpc) is 3.32. The molecule has 44 heavy (non-hydrogen) atoms. The van der Waals surface area contributed by atoms with E-state index in [0.29, 0.717) is 48.0 Å². The third-order valence-electron chi connectivity index (χ3n) is 8.84. The molecule has 0 spiro atoms. The second kappa shape index (κ2) is 12.7. The van der Waals surface area contributed by atoms with Gasteiger partial charge in [-0.1, -0.05) is 29.8 Å². The van der Waals surface area contributed by atoms with Gasteiger partial charge in [0.25, 0.3) is 5.91 Å². The highest BCUT2D eigenvalue weighted by Gasteiger charge is 2.35. The molecule has 2 aromatic heterocycles. The molecule has 0 radical (unpaired) electrons. The maximum Gasteiger partial charge on any atom is 0.255 e. The first-order chi connectivity index (χ1) is 21.2. The number of carbonyl (C=O) groups excluding carboxylic acids is 2. The van der Waals surface area contributed by atoms with Crippen molar-refractivity contribution in [3.63, 3.8) is 0 Å². The number of hydrogen-bond donors (Lipinski definition) is 2. The van der Waals surface area contributed by atoms with E-state index in [2.05, 4.69) is 44.5 Å². The number of benzene rings is 1. The number of hydrogen-bond acceptors (Lipinski definition) is 9. The molecule has 6 rings (SSSR count). The summed E-state index contributed by atoms with van der Waals surface area (Å²) in [6, 6.07) is 11.3. The van der Waals surface area contributed by atoms with Crippen LogP contribution in [0.2, 0.25) is 5.02 Å². The van der Waals surface area contributed by atoms with E-state index in [0.717, 1.165) is 48.6 Å². The second-order valence-electron chi connectivity index (χ2n) is 12.1. The molecule has 0 saturated carbocycles. The number of pyridine rings is 1. The van der Waals surface area contributed by atoms with E-state index in [1.54, 1.807) is 18.0 Å². The molecule has 5 heterocycles. The fraction of sp³-hybridized carbons (Fsp3) is 0.469. The lowest BCUT2D eigenvalue weighted by atomic mass is 10.0. The predicted molar refractivity (Wildman–Crippen MR) is 170 cm³/mol. The van der Waals surface area contributed by atoms with Gasteiger partial charge in [0.15, 0.2) is 0 Å². The minimum Gasteiger partial charge on any atom is -0.381 e. The van der Waals surface area contributed by atoms with Crippen LogP contribution in [0.4, 0.5) is 11.8 Å². The van der Waals surface area contributed by atoms with Gasteiger partial charge in [0.1, 0.15) is 11.9 Å². The van der Waals surface area contributed by atoms with Crippen molar-refractivity contribution in [2.45, 2.75) is 57.4 Å². The topological polar surface area (TPSA) is 116 Å². The molecule has 11 nitrogen and oxygen atoms in total. The van der Waals surface area contributed by atoms with Crippen LogP contribution in [-0.2, 0) is 16.1 Å². The number of rotatable bonds is 9. The highest BCUT2D eigenvalue weighted by atomic mass is 35.5. The van der Waals surface area contributed by atoms with Crippen molar-refractivity contribution >= 4 is 35.2 Å². The summed E-state index contributed by atoms with van der Waals surface area (Å²) >= 11 is 6.51. The van der Waals surface area contributed by atoms with Crippen molar-refractivity contribution in [1.82, 2.24) is 30.1 Å². The van der Waals surface area contributed by atoms with Gasteiger partial charge >= 0.3 is 0 Å². The van der Waals surface area contributed by atoms with Crippen molar-refractivity contribution in [3.05, 3.63) is 64.4 Å². The van der Waals surface area contributed by atoms with Gasteiger partial charge in [-0.3, -0.25) is 9.59 Å². The zero-order valence-corrected chi connectivity index (χ0v) is 26.3. The summed E-state index contributed by atoms with van der Waals surface area (Å²) in [5.41, 5.74) is 3.46. The Morgan fingerprint density at radius 1 is 1.11 bits per heavy atom. The van der Waals surface area contributed by atoms with Crippen LogP contribution in [0.25, 0.3) is 11.3 Å². The van der Waals surface area contributed by atoms with Crippen molar-refractivity contribution < 1.29 is 14.3 Å². The second-order valence-corrected chi connectivity index (χ2v) is 12.5. The molecule has 2 saturated heterocycles. The number of ether oxygens (including phenoxy) is 1. The molecular formula is C32H39ClN8O3. The molecule has 2 amide bonds. The largest absolute Gasteiger partial charge is 0.381 e. The summed E-state index contributed by atoms with van der Waals surface area (Å²) in [6.45, 7) is 7.29. The fourth-order valence-corrected chi connectivity index (χ4v) is 6.02. The molecule has 12 heteroatoms. The van der Waals surface area contributed by atoms with E-state index >= 15 is 0 Å². The zero-order valence-electron chi connectivity index (χ0n) is 25.6. The third kappa shape index (κ3) is 6.22. The molecule has 2 atom stereocenters. The van der Waals surface area contributed by atoms with Crippen LogP contribution in [0, 0.1) is 0 Å². The van der Waals surface area contributed by atoms with Gasteiger partial charge in [0, 0.05) is 56.1 Å². The van der Waals surface area contributed by atoms with Crippen molar-refractivity contribution in [2.24, 2.45) is 0 Å². The summed E-state index contributed by atoms with van der Waals surface area (Å²) in [5, 5.41) is 6.83. The summed E-state index contributed by atoms with van der Waals surface area (Å²) in [6.07, 6.45) is 3.34. The van der Waals surface area contributed by atoms with E-state index in [-0.39, 0.29) is 23.9 Å². The van der Waals surface area contributed by atoms with E-state index in [4.69, 9.17) is 21.3 Å². The average molecular weight is 619 g/mol. The zero-order chi connectivity index (χ0) is 31.0. The van der Waals surface area contributed by atoms with Gasteiger partial charge in [-0.25, -0.2) is 15.0 Å². The summed E-state index contributed by atoms with van der Waals surface area (Å²) in [7, 11) is 4.17. The Labute approximate surface area is 263 Å². The van der Waals surface area contributed by atoms with Crippen LogP contribution in [0.3, 0.4) is 0 Å². The summed E-state index contributed by atoms with van der Waals surface area (Å²) in [4.78, 5) is 46.8. The molecule has 232 valence electrons. The Bertz CT molecular complexity index is 1540. The highest BCUT2D eigenvalue weighted by molar-refractivity contribution is 6.33. The number of nitrogens with zero attached hydrogens (tertiary/aromatic N) is 6. The van der Waals surface area contributed by atoms with Crippen LogP contribution in [-0.4, -0.2) is 95.1 Å². The van der Waals surface area contributed by atoms with Gasteiger partial charge in [-0.2, -0.15) is 0 Å². The number of halogens is 1. The Balaban J connectivity index is 1.11. The number of amides is 2. The monoisotopic (exact) mass is 618 g/mol. The van der Waals surface area contributed by atoms with Crippen molar-refractivity contribution in [1.29, 1.82) is 0 Å². The minimum atomic E-state index is -0.668. The lowest BCUT2D eigenvalue weighted by Crippen LogP contribution is -2.57. The van der Waals surface area contributed by atoms with Gasteiger partial charge in [-0.15, -0.1) is 0 Å². The van der Waals surface area contributed by atoms with Crippen LogP contribution in [0.15, 0.2) is 42.6 Å². The number of likely N-dealkylation sites (N-methyl/N-ethyl adjacent to an activating group) is 1. The van der Waals surface area contributed by atoms with E-state index in [1.807, 2.05) is 43.3 Å². The molecule has 2 fully saturated rings. The number of aromatic nitrogens is 3. The van der Waals surface area contributed by atoms with Gasteiger partial charge in [0.2, 0.25) is 11.9 Å². The Kier molecular flexibility index (Phi) is 8.70. The van der Waals surface area contributed by atoms with Crippen molar-refractivity contribution in [3.8, 4) is 11.3 Å². The molecule has 2 N–H and O–H groups in total. The highest BCUT2D eigenvalue weighted by Crippen LogP contribution is 2.33. The Morgan fingerprint density at radius 2 is 1.89 bits per heavy atom. The minimum absolute atomic E-state index is 0.198. The lowest BCUT2D eigenvalue weighted by molar-refractivity contribution is -0.125. The van der Waals surface area contributed by atoms with Gasteiger partial charge in [0.05, 0.1) is 28.6 Å².